The SMILES string of the molecule is C[C@H](c1ccccc1)N1CC[C@@H](N[C@@H](CO)c2cc(F)c(F)c(F)c2)C1. The van der Waals surface area contributed by atoms with Crippen molar-refractivity contribution >= 4 is 0 Å². The summed E-state index contributed by atoms with van der Waals surface area (Å²) in [4.78, 5) is 2.33. The predicted molar refractivity (Wildman–Crippen MR) is 94.1 cm³/mol. The van der Waals surface area contributed by atoms with Gasteiger partial charge in [-0.3, -0.25) is 4.90 Å². The Bertz CT molecular complexity index is 718. The van der Waals surface area contributed by atoms with Gasteiger partial charge in [-0.25, -0.2) is 13.2 Å². The molecule has 0 saturated carbocycles. The van der Waals surface area contributed by atoms with Crippen molar-refractivity contribution < 1.29 is 18.3 Å². The molecule has 1 saturated heterocycles. The average molecular weight is 364 g/mol. The summed E-state index contributed by atoms with van der Waals surface area (Å²) in [5.41, 5.74) is 1.44. The van der Waals surface area contributed by atoms with E-state index in [1.54, 1.807) is 0 Å². The third-order valence-electron chi connectivity index (χ3n) is 5.08. The van der Waals surface area contributed by atoms with Gasteiger partial charge >= 0.3 is 0 Å². The molecule has 2 aromatic carbocycles. The highest BCUT2D eigenvalue weighted by atomic mass is 19.2. The first-order chi connectivity index (χ1) is 12.5. The number of likely N-dealkylation sites (tertiary alicyclic amines) is 1. The molecular formula is C20H23F3N2O. The van der Waals surface area contributed by atoms with Crippen LogP contribution < -0.4 is 5.32 Å². The molecule has 0 aliphatic carbocycles. The second-order valence-electron chi connectivity index (χ2n) is 6.77. The van der Waals surface area contributed by atoms with Crippen LogP contribution in [0.2, 0.25) is 0 Å². The van der Waals surface area contributed by atoms with Gasteiger partial charge < -0.3 is 10.4 Å². The summed E-state index contributed by atoms with van der Waals surface area (Å²) >= 11 is 0. The summed E-state index contributed by atoms with van der Waals surface area (Å²) < 4.78 is 40.1. The highest BCUT2D eigenvalue weighted by molar-refractivity contribution is 5.23. The molecule has 3 rings (SSSR count). The lowest BCUT2D eigenvalue weighted by molar-refractivity contribution is 0.221. The van der Waals surface area contributed by atoms with E-state index in [1.807, 2.05) is 18.2 Å². The lowest BCUT2D eigenvalue weighted by atomic mass is 10.1. The van der Waals surface area contributed by atoms with E-state index in [0.29, 0.717) is 0 Å². The van der Waals surface area contributed by atoms with E-state index in [-0.39, 0.29) is 24.3 Å². The van der Waals surface area contributed by atoms with E-state index < -0.39 is 23.5 Å². The van der Waals surface area contributed by atoms with E-state index in [9.17, 15) is 18.3 Å². The molecule has 6 heteroatoms. The second-order valence-corrected chi connectivity index (χ2v) is 6.77. The van der Waals surface area contributed by atoms with Gasteiger partial charge in [0.1, 0.15) is 0 Å². The Morgan fingerprint density at radius 3 is 2.38 bits per heavy atom. The molecule has 140 valence electrons. The molecule has 1 aliphatic heterocycles. The van der Waals surface area contributed by atoms with Crippen molar-refractivity contribution in [3.63, 3.8) is 0 Å². The monoisotopic (exact) mass is 364 g/mol. The Kier molecular flexibility index (Phi) is 5.96. The summed E-state index contributed by atoms with van der Waals surface area (Å²) in [5, 5.41) is 12.9. The Morgan fingerprint density at radius 2 is 1.77 bits per heavy atom. The lowest BCUT2D eigenvalue weighted by Gasteiger charge is -2.26. The summed E-state index contributed by atoms with van der Waals surface area (Å²) in [6.07, 6.45) is 0.861. The number of nitrogens with one attached hydrogen (secondary N) is 1. The first-order valence-corrected chi connectivity index (χ1v) is 8.80. The fraction of sp³-hybridized carbons (Fsp3) is 0.400. The lowest BCUT2D eigenvalue weighted by Crippen LogP contribution is -2.37. The molecule has 0 amide bonds. The molecule has 0 bridgehead atoms. The Hall–Kier alpha value is -1.89. The number of nitrogens with zero attached hydrogens (tertiary/aromatic N) is 1. The summed E-state index contributed by atoms with van der Waals surface area (Å²) in [6, 6.07) is 11.8. The van der Waals surface area contributed by atoms with Gasteiger partial charge in [-0.15, -0.1) is 0 Å². The van der Waals surface area contributed by atoms with Gasteiger partial charge in [-0.05, 0) is 36.6 Å². The molecule has 0 radical (unpaired) electrons. The third kappa shape index (κ3) is 4.09. The van der Waals surface area contributed by atoms with Crippen molar-refractivity contribution in [1.82, 2.24) is 10.2 Å². The third-order valence-corrected chi connectivity index (χ3v) is 5.08. The van der Waals surface area contributed by atoms with Gasteiger partial charge in [0.05, 0.1) is 12.6 Å². The zero-order chi connectivity index (χ0) is 18.7. The molecule has 0 unspecified atom stereocenters. The van der Waals surface area contributed by atoms with Crippen LogP contribution in [-0.4, -0.2) is 35.7 Å². The van der Waals surface area contributed by atoms with Gasteiger partial charge in [0.15, 0.2) is 17.5 Å². The number of hydrogen-bond donors (Lipinski definition) is 2. The topological polar surface area (TPSA) is 35.5 Å². The zero-order valence-electron chi connectivity index (χ0n) is 14.6. The largest absolute Gasteiger partial charge is 0.394 e. The van der Waals surface area contributed by atoms with E-state index in [4.69, 9.17) is 0 Å². The number of aliphatic hydroxyl groups is 1. The van der Waals surface area contributed by atoms with Crippen LogP contribution in [0.4, 0.5) is 13.2 Å². The molecule has 1 heterocycles. The van der Waals surface area contributed by atoms with Gasteiger partial charge in [0.25, 0.3) is 0 Å². The fourth-order valence-corrected chi connectivity index (χ4v) is 3.53. The van der Waals surface area contributed by atoms with Crippen LogP contribution in [0.15, 0.2) is 42.5 Å². The molecule has 3 nitrogen and oxygen atoms in total. The highest BCUT2D eigenvalue weighted by Crippen LogP contribution is 2.26. The van der Waals surface area contributed by atoms with Crippen LogP contribution in [0.25, 0.3) is 0 Å². The maximum absolute atomic E-state index is 13.5. The smallest absolute Gasteiger partial charge is 0.194 e. The van der Waals surface area contributed by atoms with Crippen molar-refractivity contribution in [2.45, 2.75) is 31.5 Å². The van der Waals surface area contributed by atoms with E-state index in [2.05, 4.69) is 29.3 Å². The van der Waals surface area contributed by atoms with E-state index in [1.165, 1.54) is 5.56 Å². The molecule has 0 spiro atoms. The molecular weight excluding hydrogens is 341 g/mol. The zero-order valence-corrected chi connectivity index (χ0v) is 14.6. The summed E-state index contributed by atoms with van der Waals surface area (Å²) in [6.45, 7) is 3.47. The fourth-order valence-electron chi connectivity index (χ4n) is 3.53. The predicted octanol–water partition coefficient (Wildman–Crippen LogP) is 3.56. The van der Waals surface area contributed by atoms with Crippen molar-refractivity contribution in [3.8, 4) is 0 Å². The molecule has 1 aliphatic rings. The maximum atomic E-state index is 13.5. The first kappa shape index (κ1) is 18.9. The normalized spacial score (nSPS) is 20.3. The summed E-state index contributed by atoms with van der Waals surface area (Å²) in [7, 11) is 0. The Morgan fingerprint density at radius 1 is 1.12 bits per heavy atom. The van der Waals surface area contributed by atoms with Gasteiger partial charge in [-0.1, -0.05) is 30.3 Å². The quantitative estimate of drug-likeness (QED) is 0.770. The minimum atomic E-state index is -1.49. The van der Waals surface area contributed by atoms with Gasteiger partial charge in [0, 0.05) is 25.2 Å². The van der Waals surface area contributed by atoms with Crippen molar-refractivity contribution in [2.75, 3.05) is 19.7 Å². The maximum Gasteiger partial charge on any atom is 0.194 e. The number of hydrogen-bond acceptors (Lipinski definition) is 3. The Labute approximate surface area is 151 Å². The van der Waals surface area contributed by atoms with E-state index in [0.717, 1.165) is 31.6 Å². The average Bonchev–Trinajstić information content (AvgIpc) is 3.12. The minimum absolute atomic E-state index is 0.0782. The van der Waals surface area contributed by atoms with Crippen LogP contribution in [0, 0.1) is 17.5 Å². The minimum Gasteiger partial charge on any atom is -0.394 e. The molecule has 2 N–H and O–H groups in total. The van der Waals surface area contributed by atoms with Crippen LogP contribution in [-0.2, 0) is 0 Å². The van der Waals surface area contributed by atoms with Crippen molar-refractivity contribution in [3.05, 3.63) is 71.0 Å². The van der Waals surface area contributed by atoms with Crippen LogP contribution >= 0.6 is 0 Å². The highest BCUT2D eigenvalue weighted by Gasteiger charge is 2.29. The molecule has 26 heavy (non-hydrogen) atoms. The van der Waals surface area contributed by atoms with Gasteiger partial charge in [-0.2, -0.15) is 0 Å². The molecule has 2 aromatic rings. The van der Waals surface area contributed by atoms with Crippen LogP contribution in [0.3, 0.4) is 0 Å². The first-order valence-electron chi connectivity index (χ1n) is 8.80. The number of benzene rings is 2. The Balaban J connectivity index is 1.65. The molecule has 0 aromatic heterocycles. The van der Waals surface area contributed by atoms with Gasteiger partial charge in [0.2, 0.25) is 0 Å². The van der Waals surface area contributed by atoms with E-state index >= 15 is 0 Å². The van der Waals surface area contributed by atoms with Crippen LogP contribution in [0.5, 0.6) is 0 Å². The number of rotatable bonds is 6. The van der Waals surface area contributed by atoms with Crippen LogP contribution in [0.1, 0.15) is 36.6 Å². The standard InChI is InChI=1S/C20H23F3N2O/c1-13(14-5-3-2-4-6-14)25-8-7-16(11-25)24-19(12-26)15-9-17(21)20(23)18(22)10-15/h2-6,9-10,13,16,19,24,26H,7-8,11-12H2,1H3/t13-,16-,19+/m1/s1. The summed E-state index contributed by atoms with van der Waals surface area (Å²) in [5.74, 6) is -3.98. The molecule has 1 fully saturated rings. The number of aliphatic hydroxyl groups excluding tert-OH is 1. The molecule has 3 atom stereocenters. The van der Waals surface area contributed by atoms with Crippen molar-refractivity contribution in [2.24, 2.45) is 0 Å². The van der Waals surface area contributed by atoms with Crippen molar-refractivity contribution in [1.29, 1.82) is 0 Å². The number of halogens is 3. The second kappa shape index (κ2) is 8.20.